The van der Waals surface area contributed by atoms with Crippen LogP contribution >= 0.6 is 0 Å². The van der Waals surface area contributed by atoms with E-state index >= 15 is 0 Å². The van der Waals surface area contributed by atoms with Crippen LogP contribution in [0.15, 0.2) is 0 Å². The van der Waals surface area contributed by atoms with E-state index in [1.165, 1.54) is 0 Å². The Hall–Kier alpha value is -0.960. The molecule has 8 aliphatic rings. The standard InChI is InChI=1S/4C12H24O2.2C10H20O4.2C10H20O2.2C4H10O2/c4*1-7-9-10(8-2)14-12(5,6)11(3,4)13-9;2*1-9(2)10(3,4)14-8(6-12)7(5-11)13-9;2*1-7-8(2)12-10(5,6)9(3,4)11-7;2*1-3(5)4(2)6/h4*9-10H,7-8H2,1-6H3;2*7-8,11-12H,5-6H2,1-4H3;2*7-8H,1-6H3;2*3-6H,1-2H3/t4*9-,10?;4*7-,8?;2*3-,4-/m1100101010/s1. The van der Waals surface area contributed by atoms with Crippen molar-refractivity contribution in [1.82, 2.24) is 0 Å². The predicted octanol–water partition coefficient (Wildman–Crippen LogP) is 17.4. The van der Waals surface area contributed by atoms with Gasteiger partial charge in [0, 0.05) is 0 Å². The average molecular weight is 1730 g/mol. The van der Waals surface area contributed by atoms with Crippen LogP contribution in [0.3, 0.4) is 0 Å². The first kappa shape index (κ1) is 121. The van der Waals surface area contributed by atoms with Gasteiger partial charge in [0.15, 0.2) is 0 Å². The predicted molar refractivity (Wildman–Crippen MR) is 483 cm³/mol. The van der Waals surface area contributed by atoms with Gasteiger partial charge >= 0.3 is 0 Å². The lowest BCUT2D eigenvalue weighted by Gasteiger charge is -2.51. The van der Waals surface area contributed by atoms with Crippen molar-refractivity contribution in [3.63, 3.8) is 0 Å². The maximum Gasteiger partial charge on any atom is 0.110 e. The van der Waals surface area contributed by atoms with Gasteiger partial charge in [-0.25, -0.2) is 0 Å². The lowest BCUT2D eigenvalue weighted by atomic mass is 9.86. The third-order valence-electron chi connectivity index (χ3n) is 28.0. The maximum atomic E-state index is 9.08. The Bertz CT molecular complexity index is 2210. The molecule has 8 fully saturated rings. The van der Waals surface area contributed by atoms with Crippen LogP contribution in [0, 0.1) is 0 Å². The second kappa shape index (κ2) is 48.3. The van der Waals surface area contributed by atoms with Gasteiger partial charge in [-0.05, 0) is 328 Å². The average Bonchev–Trinajstić information content (AvgIpc) is 0.779. The molecule has 8 unspecified atom stereocenters. The summed E-state index contributed by atoms with van der Waals surface area (Å²) in [7, 11) is 0. The Morgan fingerprint density at radius 3 is 0.308 bits per heavy atom. The van der Waals surface area contributed by atoms with E-state index in [-0.39, 0.29) is 167 Å². The second-order valence-corrected chi connectivity index (χ2v) is 42.3. The topological polar surface area (TPSA) is 310 Å². The minimum absolute atomic E-state index is 0.134. The van der Waals surface area contributed by atoms with Crippen LogP contribution in [0.2, 0.25) is 0 Å². The second-order valence-electron chi connectivity index (χ2n) is 42.3. The first-order valence-corrected chi connectivity index (χ1v) is 45.8. The molecule has 0 saturated carbocycles. The molecule has 0 spiro atoms. The maximum absolute atomic E-state index is 9.08. The largest absolute Gasteiger partial charge is 0.394 e. The Labute approximate surface area is 735 Å². The zero-order chi connectivity index (χ0) is 95.3. The van der Waals surface area contributed by atoms with Crippen molar-refractivity contribution in [2.45, 2.75) is 595 Å². The summed E-state index contributed by atoms with van der Waals surface area (Å²) in [5, 5.41) is 69.8. The summed E-state index contributed by atoms with van der Waals surface area (Å²) in [5.41, 5.74) is -4.21. The zero-order valence-electron chi connectivity index (χ0n) is 86.1. The van der Waals surface area contributed by atoms with Crippen LogP contribution in [0.25, 0.3) is 0 Å². The first-order valence-electron chi connectivity index (χ1n) is 45.8. The van der Waals surface area contributed by atoms with Crippen molar-refractivity contribution >= 4 is 0 Å². The van der Waals surface area contributed by atoms with Gasteiger partial charge in [0.1, 0.15) is 24.4 Å². The Morgan fingerprint density at radius 2 is 0.242 bits per heavy atom. The molecule has 8 saturated heterocycles. The molecule has 0 amide bonds. The van der Waals surface area contributed by atoms with E-state index in [9.17, 15) is 0 Å². The van der Waals surface area contributed by atoms with Gasteiger partial charge in [0.2, 0.25) is 0 Å². The molecule has 8 aliphatic heterocycles. The van der Waals surface area contributed by atoms with Crippen LogP contribution in [-0.2, 0) is 75.8 Å². The highest BCUT2D eigenvalue weighted by atomic mass is 16.7. The van der Waals surface area contributed by atoms with E-state index in [0.29, 0.717) is 0 Å². The van der Waals surface area contributed by atoms with Crippen molar-refractivity contribution in [2.75, 3.05) is 26.4 Å². The minimum atomic E-state index is -0.593. The van der Waals surface area contributed by atoms with Gasteiger partial charge in [-0.1, -0.05) is 55.4 Å². The van der Waals surface area contributed by atoms with Crippen molar-refractivity contribution < 1.29 is 117 Å². The SMILES string of the molecule is CC1(C)OC(CO)[C@@H](CO)OC1(C)C.CC1(C)OC(CO)[C@H](CO)OC1(C)C.CC1OC(C)(C)C(C)(C)O[C@@H]1C.CC1OC(C)(C)C(C)(C)O[C@H]1C.CCC1OC(C)(C)C(C)(C)O[C@@H]1CC.CCC1OC(C)(C)C(C)(C)O[C@@H]1CC.CCC1OC(C)(C)C(C)(C)O[C@H]1CC.CCC1OC(C)(C)C(C)(C)O[C@H]1CC.C[C@@H](O)[C@@H](C)O.C[C@H](O)[C@H](C)O. The minimum Gasteiger partial charge on any atom is -0.394 e. The first-order chi connectivity index (χ1) is 53.8. The fourth-order valence-electron chi connectivity index (χ4n) is 13.4. The smallest absolute Gasteiger partial charge is 0.110 e. The van der Waals surface area contributed by atoms with Crippen molar-refractivity contribution in [1.29, 1.82) is 0 Å². The quantitative estimate of drug-likeness (QED) is 0.0801. The number of rotatable bonds is 14. The number of hydrogen-bond acceptors (Lipinski definition) is 24. The molecule has 24 nitrogen and oxygen atoms in total. The highest BCUT2D eigenvalue weighted by molar-refractivity contribution is 5.03. The fourth-order valence-corrected chi connectivity index (χ4v) is 13.4. The van der Waals surface area contributed by atoms with Crippen LogP contribution in [0.4, 0.5) is 0 Å². The van der Waals surface area contributed by atoms with Gasteiger partial charge in [-0.2, -0.15) is 0 Å². The molecule has 24 heteroatoms. The van der Waals surface area contributed by atoms with Gasteiger partial charge in [0.05, 0.1) is 214 Å². The molecule has 724 valence electrons. The summed E-state index contributed by atoms with van der Waals surface area (Å²) in [6.45, 7) is 96.9. The van der Waals surface area contributed by atoms with E-state index in [1.807, 2.05) is 55.4 Å². The van der Waals surface area contributed by atoms with E-state index < -0.39 is 71.2 Å². The Balaban J connectivity index is 0. The van der Waals surface area contributed by atoms with Gasteiger partial charge in [0.25, 0.3) is 0 Å². The third-order valence-corrected chi connectivity index (χ3v) is 28.0. The van der Waals surface area contributed by atoms with Crippen molar-refractivity contribution in [3.8, 4) is 0 Å². The van der Waals surface area contributed by atoms with E-state index in [2.05, 4.69) is 249 Å². The Kier molecular flexibility index (Phi) is 48.7. The van der Waals surface area contributed by atoms with E-state index in [4.69, 9.17) is 117 Å². The molecule has 0 aromatic heterocycles. The van der Waals surface area contributed by atoms with E-state index in [1.54, 1.807) is 27.7 Å². The third kappa shape index (κ3) is 34.1. The molecular formula is C96H196O24. The fraction of sp³-hybridized carbons (Fsp3) is 1.00. The normalized spacial score (nSPS) is 34.8. The number of hydrogen-bond donors (Lipinski definition) is 8. The molecule has 20 atom stereocenters. The zero-order valence-corrected chi connectivity index (χ0v) is 86.1. The molecular weight excluding hydrogens is 1540 g/mol. The number of aliphatic hydroxyl groups excluding tert-OH is 8. The lowest BCUT2D eigenvalue weighted by molar-refractivity contribution is -0.304. The number of ether oxygens (including phenoxy) is 16. The molecule has 8 rings (SSSR count). The summed E-state index contributed by atoms with van der Waals surface area (Å²) in [6, 6.07) is 0. The van der Waals surface area contributed by atoms with Crippen LogP contribution in [-0.4, -0.2) is 279 Å². The molecule has 120 heavy (non-hydrogen) atoms. The summed E-state index contributed by atoms with van der Waals surface area (Å²) in [5.74, 6) is 0. The Morgan fingerprint density at radius 1 is 0.167 bits per heavy atom. The summed E-state index contributed by atoms with van der Waals surface area (Å²) in [6.07, 6.45) is 6.84. The van der Waals surface area contributed by atoms with Crippen LogP contribution < -0.4 is 0 Å². The molecule has 8 N–H and O–H groups in total. The highest BCUT2D eigenvalue weighted by Gasteiger charge is 2.55. The monoisotopic (exact) mass is 1730 g/mol. The van der Waals surface area contributed by atoms with Gasteiger partial charge in [-0.3, -0.25) is 0 Å². The van der Waals surface area contributed by atoms with Crippen LogP contribution in [0.5, 0.6) is 0 Å². The lowest BCUT2D eigenvalue weighted by Crippen LogP contribution is -2.62. The number of aliphatic hydroxyl groups is 8. The molecule has 0 radical (unpaired) electrons. The van der Waals surface area contributed by atoms with Crippen molar-refractivity contribution in [2.24, 2.45) is 0 Å². The molecule has 0 aliphatic carbocycles. The van der Waals surface area contributed by atoms with Gasteiger partial charge in [-0.15, -0.1) is 0 Å². The summed E-state index contributed by atoms with van der Waals surface area (Å²) in [4.78, 5) is 0. The molecule has 0 aromatic rings. The highest BCUT2D eigenvalue weighted by Crippen LogP contribution is 2.46. The van der Waals surface area contributed by atoms with Crippen LogP contribution in [0.1, 0.15) is 384 Å². The molecule has 0 aromatic carbocycles. The summed E-state index contributed by atoms with van der Waals surface area (Å²) < 4.78 is 95.3. The molecule has 8 heterocycles. The van der Waals surface area contributed by atoms with Crippen molar-refractivity contribution in [3.05, 3.63) is 0 Å². The summed E-state index contributed by atoms with van der Waals surface area (Å²) >= 11 is 0. The van der Waals surface area contributed by atoms with E-state index in [0.717, 1.165) is 51.4 Å². The molecule has 0 bridgehead atoms. The van der Waals surface area contributed by atoms with Gasteiger partial charge < -0.3 is 117 Å².